The third-order valence-electron chi connectivity index (χ3n) is 3.94. The van der Waals surface area contributed by atoms with Gasteiger partial charge in [-0.2, -0.15) is 0 Å². The quantitative estimate of drug-likeness (QED) is 0.872. The molecule has 0 unspecified atom stereocenters. The van der Waals surface area contributed by atoms with Crippen LogP contribution in [0.2, 0.25) is 0 Å². The topological polar surface area (TPSA) is 15.3 Å². The van der Waals surface area contributed by atoms with Crippen molar-refractivity contribution < 1.29 is 0 Å². The first-order valence-corrected chi connectivity index (χ1v) is 7.43. The molecular formula is C17H28N2. The van der Waals surface area contributed by atoms with Crippen molar-refractivity contribution in [3.63, 3.8) is 0 Å². The van der Waals surface area contributed by atoms with Crippen molar-refractivity contribution in [1.82, 2.24) is 5.32 Å². The molecule has 0 aliphatic heterocycles. The molecule has 1 aliphatic carbocycles. The second kappa shape index (κ2) is 5.54. The van der Waals surface area contributed by atoms with E-state index in [1.54, 1.807) is 0 Å². The SMILES string of the molecule is Cc1ccc(C(C)(C)C)cc1N(C)CCNC1CC1. The van der Waals surface area contributed by atoms with Gasteiger partial charge >= 0.3 is 0 Å². The molecule has 2 rings (SSSR count). The van der Waals surface area contributed by atoms with Crippen LogP contribution in [0.3, 0.4) is 0 Å². The van der Waals surface area contributed by atoms with Crippen molar-refractivity contribution in [2.45, 2.75) is 52.0 Å². The van der Waals surface area contributed by atoms with Crippen molar-refractivity contribution >= 4 is 5.69 Å². The van der Waals surface area contributed by atoms with E-state index in [-0.39, 0.29) is 5.41 Å². The second-order valence-corrected chi connectivity index (χ2v) is 6.90. The van der Waals surface area contributed by atoms with Crippen LogP contribution in [0.25, 0.3) is 0 Å². The lowest BCUT2D eigenvalue weighted by Gasteiger charge is -2.26. The maximum absolute atomic E-state index is 3.58. The number of benzene rings is 1. The maximum Gasteiger partial charge on any atom is 0.0396 e. The van der Waals surface area contributed by atoms with Gasteiger partial charge in [0.1, 0.15) is 0 Å². The highest BCUT2D eigenvalue weighted by Crippen LogP contribution is 2.28. The van der Waals surface area contributed by atoms with Crippen LogP contribution in [0.5, 0.6) is 0 Å². The van der Waals surface area contributed by atoms with Crippen molar-refractivity contribution in [3.8, 4) is 0 Å². The molecule has 2 nitrogen and oxygen atoms in total. The largest absolute Gasteiger partial charge is 0.373 e. The number of nitrogens with one attached hydrogen (secondary N) is 1. The van der Waals surface area contributed by atoms with E-state index in [2.05, 4.69) is 63.2 Å². The van der Waals surface area contributed by atoms with Gasteiger partial charge in [0, 0.05) is 31.9 Å². The average Bonchev–Trinajstić information content (AvgIpc) is 3.12. The summed E-state index contributed by atoms with van der Waals surface area (Å²) in [4.78, 5) is 2.37. The van der Waals surface area contributed by atoms with Crippen LogP contribution in [0, 0.1) is 6.92 Å². The summed E-state index contributed by atoms with van der Waals surface area (Å²) in [6.45, 7) is 11.2. The average molecular weight is 260 g/mol. The second-order valence-electron chi connectivity index (χ2n) is 6.90. The predicted octanol–water partition coefficient (Wildman–Crippen LogP) is 3.48. The lowest BCUT2D eigenvalue weighted by Crippen LogP contribution is -2.30. The molecule has 0 heterocycles. The van der Waals surface area contributed by atoms with E-state index in [0.29, 0.717) is 0 Å². The molecule has 1 aromatic rings. The fourth-order valence-electron chi connectivity index (χ4n) is 2.33. The van der Waals surface area contributed by atoms with Crippen LogP contribution in [-0.4, -0.2) is 26.2 Å². The van der Waals surface area contributed by atoms with Gasteiger partial charge in [0.15, 0.2) is 0 Å². The zero-order valence-electron chi connectivity index (χ0n) is 13.1. The number of hydrogen-bond donors (Lipinski definition) is 1. The van der Waals surface area contributed by atoms with Crippen LogP contribution in [0.15, 0.2) is 18.2 Å². The van der Waals surface area contributed by atoms with Gasteiger partial charge in [0.2, 0.25) is 0 Å². The highest BCUT2D eigenvalue weighted by Gasteiger charge is 2.20. The number of rotatable bonds is 5. The molecular weight excluding hydrogens is 232 g/mol. The fourth-order valence-corrected chi connectivity index (χ4v) is 2.33. The Morgan fingerprint density at radius 1 is 1.26 bits per heavy atom. The van der Waals surface area contributed by atoms with Crippen LogP contribution in [-0.2, 0) is 5.41 Å². The number of aryl methyl sites for hydroxylation is 1. The van der Waals surface area contributed by atoms with E-state index >= 15 is 0 Å². The molecule has 1 saturated carbocycles. The zero-order chi connectivity index (χ0) is 14.0. The first kappa shape index (κ1) is 14.4. The minimum atomic E-state index is 0.218. The van der Waals surface area contributed by atoms with Gasteiger partial charge in [-0.05, 0) is 42.4 Å². The molecule has 19 heavy (non-hydrogen) atoms. The predicted molar refractivity (Wildman–Crippen MR) is 84.2 cm³/mol. The Morgan fingerprint density at radius 3 is 2.53 bits per heavy atom. The highest BCUT2D eigenvalue weighted by molar-refractivity contribution is 5.55. The van der Waals surface area contributed by atoms with Crippen molar-refractivity contribution in [2.75, 3.05) is 25.0 Å². The summed E-state index contributed by atoms with van der Waals surface area (Å²) in [5.74, 6) is 0. The molecule has 1 N–H and O–H groups in total. The Hall–Kier alpha value is -1.02. The van der Waals surface area contributed by atoms with E-state index in [0.717, 1.165) is 19.1 Å². The van der Waals surface area contributed by atoms with E-state index in [4.69, 9.17) is 0 Å². The smallest absolute Gasteiger partial charge is 0.0396 e. The summed E-state index contributed by atoms with van der Waals surface area (Å²) in [5, 5.41) is 3.58. The molecule has 1 aliphatic rings. The summed E-state index contributed by atoms with van der Waals surface area (Å²) >= 11 is 0. The Bertz CT molecular complexity index is 427. The molecule has 0 aromatic heterocycles. The molecule has 0 spiro atoms. The summed E-state index contributed by atoms with van der Waals surface area (Å²) in [5.41, 5.74) is 4.36. The van der Waals surface area contributed by atoms with Gasteiger partial charge in [-0.25, -0.2) is 0 Å². The first-order chi connectivity index (χ1) is 8.88. The van der Waals surface area contributed by atoms with E-state index in [9.17, 15) is 0 Å². The Morgan fingerprint density at radius 2 is 1.95 bits per heavy atom. The number of likely N-dealkylation sites (N-methyl/N-ethyl adjacent to an activating group) is 1. The molecule has 2 heteroatoms. The Labute approximate surface area is 118 Å². The van der Waals surface area contributed by atoms with Crippen LogP contribution in [0.1, 0.15) is 44.7 Å². The van der Waals surface area contributed by atoms with Gasteiger partial charge in [0.05, 0.1) is 0 Å². The van der Waals surface area contributed by atoms with Gasteiger partial charge in [-0.3, -0.25) is 0 Å². The minimum absolute atomic E-state index is 0.218. The molecule has 0 atom stereocenters. The summed E-state index contributed by atoms with van der Waals surface area (Å²) in [6.07, 6.45) is 2.73. The molecule has 1 fully saturated rings. The summed E-state index contributed by atoms with van der Waals surface area (Å²) in [7, 11) is 2.20. The number of anilines is 1. The van der Waals surface area contributed by atoms with Crippen molar-refractivity contribution in [1.29, 1.82) is 0 Å². The van der Waals surface area contributed by atoms with Gasteiger partial charge < -0.3 is 10.2 Å². The monoisotopic (exact) mass is 260 g/mol. The molecule has 0 radical (unpaired) electrons. The molecule has 106 valence electrons. The normalized spacial score (nSPS) is 15.6. The standard InChI is InChI=1S/C17H28N2/c1-13-6-7-14(17(2,3)4)12-16(13)19(5)11-10-18-15-8-9-15/h6-7,12,15,18H,8-11H2,1-5H3. The molecule has 0 bridgehead atoms. The maximum atomic E-state index is 3.58. The summed E-state index contributed by atoms with van der Waals surface area (Å²) < 4.78 is 0. The van der Waals surface area contributed by atoms with Crippen LogP contribution in [0.4, 0.5) is 5.69 Å². The Kier molecular flexibility index (Phi) is 4.19. The first-order valence-electron chi connectivity index (χ1n) is 7.43. The summed E-state index contributed by atoms with van der Waals surface area (Å²) in [6, 6.07) is 7.66. The lowest BCUT2D eigenvalue weighted by atomic mass is 9.86. The van der Waals surface area contributed by atoms with Gasteiger partial charge in [-0.1, -0.05) is 32.9 Å². The number of hydrogen-bond acceptors (Lipinski definition) is 2. The Balaban J connectivity index is 2.03. The van der Waals surface area contributed by atoms with Crippen molar-refractivity contribution in [3.05, 3.63) is 29.3 Å². The highest BCUT2D eigenvalue weighted by atomic mass is 15.1. The van der Waals surface area contributed by atoms with Crippen molar-refractivity contribution in [2.24, 2.45) is 0 Å². The van der Waals surface area contributed by atoms with E-state index < -0.39 is 0 Å². The lowest BCUT2D eigenvalue weighted by molar-refractivity contribution is 0.589. The van der Waals surface area contributed by atoms with Crippen LogP contribution >= 0.6 is 0 Å². The van der Waals surface area contributed by atoms with Crippen LogP contribution < -0.4 is 10.2 Å². The third-order valence-corrected chi connectivity index (χ3v) is 3.94. The third kappa shape index (κ3) is 3.97. The fraction of sp³-hybridized carbons (Fsp3) is 0.647. The molecule has 0 amide bonds. The zero-order valence-corrected chi connectivity index (χ0v) is 13.1. The molecule has 1 aromatic carbocycles. The van der Waals surface area contributed by atoms with Gasteiger partial charge in [0.25, 0.3) is 0 Å². The molecule has 0 saturated heterocycles. The van der Waals surface area contributed by atoms with E-state index in [1.165, 1.54) is 29.7 Å². The van der Waals surface area contributed by atoms with Gasteiger partial charge in [-0.15, -0.1) is 0 Å². The van der Waals surface area contributed by atoms with E-state index in [1.807, 2.05) is 0 Å². The minimum Gasteiger partial charge on any atom is -0.373 e. The number of nitrogens with zero attached hydrogens (tertiary/aromatic N) is 1.